The van der Waals surface area contributed by atoms with Crippen molar-refractivity contribution >= 4 is 5.91 Å². The molecule has 2 saturated carbocycles. The van der Waals surface area contributed by atoms with Crippen LogP contribution in [0.1, 0.15) is 52.9 Å². The predicted octanol–water partition coefficient (Wildman–Crippen LogP) is 2.73. The molecule has 0 spiro atoms. The standard InChI is InChI=1S/C13H23NO/c1-4-13(3,5-2)14-12(15)11-7-9-6-10(9)8-11/h9-11H,4-8H2,1-3H3,(H,14,15). The quantitative estimate of drug-likeness (QED) is 0.758. The van der Waals surface area contributed by atoms with Gasteiger partial charge in [-0.3, -0.25) is 4.79 Å². The van der Waals surface area contributed by atoms with E-state index in [4.69, 9.17) is 0 Å². The summed E-state index contributed by atoms with van der Waals surface area (Å²) in [5.74, 6) is 2.44. The van der Waals surface area contributed by atoms with E-state index in [1.165, 1.54) is 6.42 Å². The van der Waals surface area contributed by atoms with Crippen LogP contribution in [0.2, 0.25) is 0 Å². The van der Waals surface area contributed by atoms with Gasteiger partial charge in [-0.05, 0) is 50.9 Å². The van der Waals surface area contributed by atoms with E-state index in [9.17, 15) is 4.79 Å². The van der Waals surface area contributed by atoms with E-state index >= 15 is 0 Å². The van der Waals surface area contributed by atoms with Gasteiger partial charge in [0.2, 0.25) is 5.91 Å². The molecule has 2 aliphatic rings. The fourth-order valence-corrected chi connectivity index (χ4v) is 2.76. The van der Waals surface area contributed by atoms with E-state index in [-0.39, 0.29) is 5.54 Å². The molecule has 0 aromatic rings. The zero-order chi connectivity index (χ0) is 11.1. The van der Waals surface area contributed by atoms with Crippen LogP contribution in [0.3, 0.4) is 0 Å². The van der Waals surface area contributed by atoms with Gasteiger partial charge in [0.1, 0.15) is 0 Å². The van der Waals surface area contributed by atoms with Gasteiger partial charge >= 0.3 is 0 Å². The molecular weight excluding hydrogens is 186 g/mol. The molecule has 2 heteroatoms. The van der Waals surface area contributed by atoms with Crippen molar-refractivity contribution in [1.82, 2.24) is 5.32 Å². The Labute approximate surface area is 92.8 Å². The lowest BCUT2D eigenvalue weighted by Gasteiger charge is -2.30. The molecule has 0 aliphatic heterocycles. The number of amides is 1. The van der Waals surface area contributed by atoms with E-state index in [1.54, 1.807) is 0 Å². The first-order valence-corrected chi connectivity index (χ1v) is 6.40. The second-order valence-electron chi connectivity index (χ2n) is 5.68. The van der Waals surface area contributed by atoms with Crippen LogP contribution in [-0.2, 0) is 4.79 Å². The smallest absolute Gasteiger partial charge is 0.223 e. The van der Waals surface area contributed by atoms with Gasteiger partial charge in [-0.1, -0.05) is 13.8 Å². The van der Waals surface area contributed by atoms with Crippen molar-refractivity contribution in [2.75, 3.05) is 0 Å². The van der Waals surface area contributed by atoms with Crippen molar-refractivity contribution in [3.05, 3.63) is 0 Å². The molecule has 0 bridgehead atoms. The van der Waals surface area contributed by atoms with Crippen molar-refractivity contribution in [1.29, 1.82) is 0 Å². The molecule has 15 heavy (non-hydrogen) atoms. The van der Waals surface area contributed by atoms with E-state index < -0.39 is 0 Å². The van der Waals surface area contributed by atoms with Crippen molar-refractivity contribution in [2.45, 2.75) is 58.4 Å². The molecule has 0 aromatic heterocycles. The fourth-order valence-electron chi connectivity index (χ4n) is 2.76. The number of carbonyl (C=O) groups is 1. The van der Waals surface area contributed by atoms with Crippen LogP contribution in [0.15, 0.2) is 0 Å². The lowest BCUT2D eigenvalue weighted by atomic mass is 9.93. The summed E-state index contributed by atoms with van der Waals surface area (Å²) in [4.78, 5) is 12.0. The molecule has 1 amide bonds. The van der Waals surface area contributed by atoms with Crippen LogP contribution < -0.4 is 5.32 Å². The van der Waals surface area contributed by atoms with E-state index in [2.05, 4.69) is 26.1 Å². The summed E-state index contributed by atoms with van der Waals surface area (Å²) < 4.78 is 0. The van der Waals surface area contributed by atoms with E-state index in [0.717, 1.165) is 37.5 Å². The SMILES string of the molecule is CCC(C)(CC)NC(=O)C1CC2CC2C1. The van der Waals surface area contributed by atoms with Gasteiger partial charge in [0, 0.05) is 11.5 Å². The molecule has 0 aromatic carbocycles. The molecule has 2 fully saturated rings. The van der Waals surface area contributed by atoms with Crippen molar-refractivity contribution in [3.63, 3.8) is 0 Å². The maximum atomic E-state index is 12.0. The minimum Gasteiger partial charge on any atom is -0.351 e. The van der Waals surface area contributed by atoms with Gasteiger partial charge in [-0.2, -0.15) is 0 Å². The highest BCUT2D eigenvalue weighted by Crippen LogP contribution is 2.54. The predicted molar refractivity (Wildman–Crippen MR) is 61.5 cm³/mol. The average molecular weight is 209 g/mol. The molecular formula is C13H23NO. The Morgan fingerprint density at radius 2 is 1.73 bits per heavy atom. The second-order valence-corrected chi connectivity index (χ2v) is 5.68. The van der Waals surface area contributed by atoms with Gasteiger partial charge in [0.15, 0.2) is 0 Å². The normalized spacial score (nSPS) is 33.7. The number of hydrogen-bond acceptors (Lipinski definition) is 1. The monoisotopic (exact) mass is 209 g/mol. The Kier molecular flexibility index (Phi) is 2.78. The minimum atomic E-state index is 0.0177. The lowest BCUT2D eigenvalue weighted by Crippen LogP contribution is -2.47. The third kappa shape index (κ3) is 2.19. The number of hydrogen-bond donors (Lipinski definition) is 1. The third-order valence-corrected chi connectivity index (χ3v) is 4.60. The molecule has 2 unspecified atom stereocenters. The molecule has 2 nitrogen and oxygen atoms in total. The van der Waals surface area contributed by atoms with Crippen LogP contribution in [0.5, 0.6) is 0 Å². The Morgan fingerprint density at radius 1 is 1.20 bits per heavy atom. The first kappa shape index (κ1) is 11.0. The summed E-state index contributed by atoms with van der Waals surface area (Å²) in [7, 11) is 0. The number of carbonyl (C=O) groups excluding carboxylic acids is 1. The van der Waals surface area contributed by atoms with E-state index in [0.29, 0.717) is 11.8 Å². The van der Waals surface area contributed by atoms with Crippen LogP contribution >= 0.6 is 0 Å². The van der Waals surface area contributed by atoms with Crippen molar-refractivity contribution < 1.29 is 4.79 Å². The molecule has 2 atom stereocenters. The van der Waals surface area contributed by atoms with Crippen molar-refractivity contribution in [3.8, 4) is 0 Å². The molecule has 1 N–H and O–H groups in total. The van der Waals surface area contributed by atoms with Crippen LogP contribution in [-0.4, -0.2) is 11.4 Å². The van der Waals surface area contributed by atoms with Gasteiger partial charge in [0.05, 0.1) is 0 Å². The fraction of sp³-hybridized carbons (Fsp3) is 0.923. The molecule has 0 saturated heterocycles. The van der Waals surface area contributed by atoms with Gasteiger partial charge in [-0.25, -0.2) is 0 Å². The molecule has 86 valence electrons. The molecule has 2 aliphatic carbocycles. The Hall–Kier alpha value is -0.530. The largest absolute Gasteiger partial charge is 0.351 e. The Bertz CT molecular complexity index is 247. The first-order valence-electron chi connectivity index (χ1n) is 6.40. The highest BCUT2D eigenvalue weighted by molar-refractivity contribution is 5.80. The first-order chi connectivity index (χ1) is 7.08. The average Bonchev–Trinajstić information content (AvgIpc) is 2.85. The van der Waals surface area contributed by atoms with Crippen molar-refractivity contribution in [2.24, 2.45) is 17.8 Å². The highest BCUT2D eigenvalue weighted by atomic mass is 16.2. The topological polar surface area (TPSA) is 29.1 Å². The third-order valence-electron chi connectivity index (χ3n) is 4.60. The second kappa shape index (κ2) is 3.80. The summed E-state index contributed by atoms with van der Waals surface area (Å²) >= 11 is 0. The van der Waals surface area contributed by atoms with Crippen LogP contribution in [0.4, 0.5) is 0 Å². The van der Waals surface area contributed by atoms with Gasteiger partial charge in [-0.15, -0.1) is 0 Å². The van der Waals surface area contributed by atoms with E-state index in [1.807, 2.05) is 0 Å². The molecule has 0 heterocycles. The summed E-state index contributed by atoms with van der Waals surface area (Å²) in [5.41, 5.74) is 0.0177. The van der Waals surface area contributed by atoms with Gasteiger partial charge in [0.25, 0.3) is 0 Å². The maximum absolute atomic E-state index is 12.0. The number of fused-ring (bicyclic) bond motifs is 1. The summed E-state index contributed by atoms with van der Waals surface area (Å²) in [6.45, 7) is 6.45. The zero-order valence-corrected chi connectivity index (χ0v) is 10.2. The van der Waals surface area contributed by atoms with Crippen LogP contribution in [0.25, 0.3) is 0 Å². The van der Waals surface area contributed by atoms with Gasteiger partial charge < -0.3 is 5.32 Å². The minimum absolute atomic E-state index is 0.0177. The zero-order valence-electron chi connectivity index (χ0n) is 10.2. The molecule has 0 radical (unpaired) electrons. The number of rotatable bonds is 4. The lowest BCUT2D eigenvalue weighted by molar-refractivity contribution is -0.127. The summed E-state index contributed by atoms with van der Waals surface area (Å²) in [6.07, 6.45) is 5.74. The highest BCUT2D eigenvalue weighted by Gasteiger charge is 2.48. The summed E-state index contributed by atoms with van der Waals surface area (Å²) in [5, 5.41) is 3.24. The number of nitrogens with one attached hydrogen (secondary N) is 1. The summed E-state index contributed by atoms with van der Waals surface area (Å²) in [6, 6.07) is 0. The Morgan fingerprint density at radius 3 is 2.20 bits per heavy atom. The maximum Gasteiger partial charge on any atom is 0.223 e. The molecule has 2 rings (SSSR count). The Balaban J connectivity index is 1.86. The van der Waals surface area contributed by atoms with Crippen LogP contribution in [0, 0.1) is 17.8 Å².